The molecule has 4 rings (SSSR count). The van der Waals surface area contributed by atoms with Gasteiger partial charge in [0.25, 0.3) is 0 Å². The molecular weight excluding hydrogens is 502 g/mol. The highest BCUT2D eigenvalue weighted by Crippen LogP contribution is 2.47. The van der Waals surface area contributed by atoms with Gasteiger partial charge in [-0.2, -0.15) is 0 Å². The van der Waals surface area contributed by atoms with Crippen molar-refractivity contribution in [3.63, 3.8) is 0 Å². The summed E-state index contributed by atoms with van der Waals surface area (Å²) in [4.78, 5) is 30.2. The first kappa shape index (κ1) is 28.5. The molecule has 0 saturated carbocycles. The maximum Gasteiger partial charge on any atom is 0.308 e. The number of amides is 1. The van der Waals surface area contributed by atoms with Gasteiger partial charge in [-0.3, -0.25) is 14.5 Å². The van der Waals surface area contributed by atoms with E-state index >= 15 is 0 Å². The van der Waals surface area contributed by atoms with Crippen LogP contribution < -0.4 is 24.7 Å². The Labute approximate surface area is 229 Å². The molecule has 2 heterocycles. The lowest BCUT2D eigenvalue weighted by Gasteiger charge is -2.30. The number of hydrogen-bond acceptors (Lipinski definition) is 8. The van der Waals surface area contributed by atoms with Gasteiger partial charge in [0.15, 0.2) is 11.5 Å². The summed E-state index contributed by atoms with van der Waals surface area (Å²) in [6, 6.07) is 10.8. The largest absolute Gasteiger partial charge is 0.496 e. The lowest BCUT2D eigenvalue weighted by atomic mass is 9.83. The Balaban J connectivity index is 1.71. The van der Waals surface area contributed by atoms with Crippen LogP contribution in [-0.2, 0) is 16.0 Å². The molecule has 0 spiro atoms. The van der Waals surface area contributed by atoms with Gasteiger partial charge in [0.2, 0.25) is 18.4 Å². The van der Waals surface area contributed by atoms with E-state index in [1.807, 2.05) is 41.3 Å². The average Bonchev–Trinajstić information content (AvgIpc) is 3.55. The fourth-order valence-corrected chi connectivity index (χ4v) is 5.68. The van der Waals surface area contributed by atoms with Crippen LogP contribution in [0.25, 0.3) is 0 Å². The second-order valence-corrected chi connectivity index (χ2v) is 9.96. The summed E-state index contributed by atoms with van der Waals surface area (Å²) in [5, 5.41) is 10.5. The van der Waals surface area contributed by atoms with Crippen molar-refractivity contribution in [2.24, 2.45) is 11.7 Å². The smallest absolute Gasteiger partial charge is 0.308 e. The number of fused-ring (bicyclic) bond motifs is 1. The maximum absolute atomic E-state index is 13.5. The van der Waals surface area contributed by atoms with Crippen LogP contribution in [0.4, 0.5) is 0 Å². The number of rotatable bonds is 13. The molecule has 2 aliphatic heterocycles. The lowest BCUT2D eigenvalue weighted by molar-refractivity contribution is -0.143. The number of carbonyl (C=O) groups is 2. The van der Waals surface area contributed by atoms with Crippen LogP contribution >= 0.6 is 0 Å². The first-order chi connectivity index (χ1) is 18.9. The van der Waals surface area contributed by atoms with E-state index in [0.717, 1.165) is 24.0 Å². The topological polar surface area (TPSA) is 124 Å². The van der Waals surface area contributed by atoms with Gasteiger partial charge in [0, 0.05) is 38.1 Å². The number of unbranched alkanes of at least 4 members (excludes halogenated alkanes) is 1. The van der Waals surface area contributed by atoms with Gasteiger partial charge in [-0.1, -0.05) is 31.5 Å². The van der Waals surface area contributed by atoms with Gasteiger partial charge >= 0.3 is 5.97 Å². The summed E-state index contributed by atoms with van der Waals surface area (Å²) in [7, 11) is 3.14. The van der Waals surface area contributed by atoms with Crippen molar-refractivity contribution in [3.8, 4) is 23.0 Å². The van der Waals surface area contributed by atoms with E-state index in [0.29, 0.717) is 55.6 Å². The Morgan fingerprint density at radius 2 is 1.90 bits per heavy atom. The second-order valence-electron chi connectivity index (χ2n) is 9.96. The Bertz CT molecular complexity index is 1160. The van der Waals surface area contributed by atoms with Crippen LogP contribution in [0.1, 0.15) is 36.8 Å². The third-order valence-electron chi connectivity index (χ3n) is 7.64. The van der Waals surface area contributed by atoms with Gasteiger partial charge < -0.3 is 34.7 Å². The average molecular weight is 542 g/mol. The van der Waals surface area contributed by atoms with Crippen LogP contribution in [0.15, 0.2) is 36.4 Å². The van der Waals surface area contributed by atoms with Gasteiger partial charge in [-0.05, 0) is 42.2 Å². The molecule has 2 aliphatic rings. The summed E-state index contributed by atoms with van der Waals surface area (Å²) < 4.78 is 22.3. The number of hydrogen-bond donors (Lipinski definition) is 2. The highest BCUT2D eigenvalue weighted by Gasteiger charge is 2.48. The lowest BCUT2D eigenvalue weighted by Crippen LogP contribution is -2.46. The van der Waals surface area contributed by atoms with Gasteiger partial charge in [0.1, 0.15) is 5.75 Å². The molecule has 1 fully saturated rings. The van der Waals surface area contributed by atoms with E-state index in [2.05, 4.69) is 6.92 Å². The van der Waals surface area contributed by atoms with Crippen molar-refractivity contribution >= 4 is 11.9 Å². The van der Waals surface area contributed by atoms with Crippen molar-refractivity contribution in [3.05, 3.63) is 47.5 Å². The summed E-state index contributed by atoms with van der Waals surface area (Å²) in [5.74, 6) is 0.0594. The normalized spacial score (nSPS) is 20.2. The summed E-state index contributed by atoms with van der Waals surface area (Å²) >= 11 is 0. The van der Waals surface area contributed by atoms with E-state index in [-0.39, 0.29) is 19.2 Å². The highest BCUT2D eigenvalue weighted by molar-refractivity contribution is 5.79. The number of carbonyl (C=O) groups excluding carboxylic acids is 1. The number of aliphatic carboxylic acids is 1. The first-order valence-corrected chi connectivity index (χ1v) is 13.5. The zero-order chi connectivity index (χ0) is 27.9. The molecule has 10 nitrogen and oxygen atoms in total. The summed E-state index contributed by atoms with van der Waals surface area (Å²) in [6.07, 6.45) is 2.26. The molecule has 1 amide bonds. The SMILES string of the molecule is CCCCN(CCN)C(=O)CN1C[C@H](c2cc(OC)c3c(c2)OCO3)C(C(=O)O)[C@@H]1Cc1ccccc1OC. The third-order valence-corrected chi connectivity index (χ3v) is 7.64. The Kier molecular flexibility index (Phi) is 9.53. The van der Waals surface area contributed by atoms with E-state index in [1.54, 1.807) is 19.1 Å². The minimum atomic E-state index is -0.920. The number of benzene rings is 2. The van der Waals surface area contributed by atoms with Gasteiger partial charge in [-0.25, -0.2) is 0 Å². The fourth-order valence-electron chi connectivity index (χ4n) is 5.68. The van der Waals surface area contributed by atoms with Gasteiger partial charge in [0.05, 0.1) is 26.7 Å². The molecule has 3 N–H and O–H groups in total. The van der Waals surface area contributed by atoms with Gasteiger partial charge in [-0.15, -0.1) is 0 Å². The van der Waals surface area contributed by atoms with E-state index in [4.69, 9.17) is 24.7 Å². The molecule has 0 aliphatic carbocycles. The molecule has 3 atom stereocenters. The number of nitrogens with two attached hydrogens (primary N) is 1. The Morgan fingerprint density at radius 3 is 2.59 bits per heavy atom. The molecule has 0 radical (unpaired) electrons. The molecule has 0 aromatic heterocycles. The summed E-state index contributed by atoms with van der Waals surface area (Å²) in [5.41, 5.74) is 7.47. The molecular formula is C29H39N3O7. The maximum atomic E-state index is 13.5. The van der Waals surface area contributed by atoms with Crippen molar-refractivity contribution in [1.82, 2.24) is 9.80 Å². The van der Waals surface area contributed by atoms with Crippen LogP contribution in [-0.4, -0.2) is 86.6 Å². The minimum Gasteiger partial charge on any atom is -0.496 e. The Morgan fingerprint density at radius 1 is 1.13 bits per heavy atom. The zero-order valence-corrected chi connectivity index (χ0v) is 22.9. The second kappa shape index (κ2) is 13.0. The van der Waals surface area contributed by atoms with Crippen LogP contribution in [0.2, 0.25) is 0 Å². The van der Waals surface area contributed by atoms with E-state index < -0.39 is 23.8 Å². The number of nitrogens with zero attached hydrogens (tertiary/aromatic N) is 2. The minimum absolute atomic E-state index is 0.0491. The predicted octanol–water partition coefficient (Wildman–Crippen LogP) is 2.73. The standard InChI is InChI=1S/C29H39N3O7/c1-4-5-11-31(12-10-30)26(33)17-32-16-21(20-14-24(37-3)28-25(15-20)38-18-39-28)27(29(34)35)22(32)13-19-8-6-7-9-23(19)36-2/h6-9,14-15,21-22,27H,4-5,10-13,16-18,30H2,1-3H3,(H,34,35)/t21-,22+,27?/m1/s1. The molecule has 2 aromatic rings. The molecule has 0 bridgehead atoms. The number of methoxy groups -OCH3 is 2. The van der Waals surface area contributed by atoms with E-state index in [9.17, 15) is 14.7 Å². The van der Waals surface area contributed by atoms with Crippen molar-refractivity contribution in [1.29, 1.82) is 0 Å². The number of ether oxygens (including phenoxy) is 4. The molecule has 212 valence electrons. The van der Waals surface area contributed by atoms with Crippen molar-refractivity contribution in [2.75, 3.05) is 53.7 Å². The van der Waals surface area contributed by atoms with Crippen molar-refractivity contribution < 1.29 is 33.6 Å². The number of carboxylic acid groups (broad SMARTS) is 1. The first-order valence-electron chi connectivity index (χ1n) is 13.5. The van der Waals surface area contributed by atoms with E-state index in [1.165, 1.54) is 0 Å². The predicted molar refractivity (Wildman–Crippen MR) is 146 cm³/mol. The molecule has 39 heavy (non-hydrogen) atoms. The quantitative estimate of drug-likeness (QED) is 0.394. The number of carboxylic acids is 1. The molecule has 2 aromatic carbocycles. The fraction of sp³-hybridized carbons (Fsp3) is 0.517. The highest BCUT2D eigenvalue weighted by atomic mass is 16.7. The monoisotopic (exact) mass is 541 g/mol. The number of para-hydroxylation sites is 1. The van der Waals surface area contributed by atoms with Crippen molar-refractivity contribution in [2.45, 2.75) is 38.1 Å². The number of likely N-dealkylation sites (tertiary alicyclic amines) is 1. The zero-order valence-electron chi connectivity index (χ0n) is 22.9. The van der Waals surface area contributed by atoms with Crippen LogP contribution in [0, 0.1) is 5.92 Å². The molecule has 1 unspecified atom stereocenters. The van der Waals surface area contributed by atoms with Crippen LogP contribution in [0.3, 0.4) is 0 Å². The molecule has 10 heteroatoms. The Hall–Kier alpha value is -3.50. The van der Waals surface area contributed by atoms with Crippen LogP contribution in [0.5, 0.6) is 23.0 Å². The molecule has 1 saturated heterocycles. The third kappa shape index (κ3) is 6.23. The summed E-state index contributed by atoms with van der Waals surface area (Å²) in [6.45, 7) is 4.11.